The number of esters is 1. The minimum absolute atomic E-state index is 0.0000827. The van der Waals surface area contributed by atoms with Gasteiger partial charge in [0.25, 0.3) is 0 Å². The second-order valence-electron chi connectivity index (χ2n) is 13.2. The molecule has 4 saturated carbocycles. The maximum absolute atomic E-state index is 13.1. The van der Waals surface area contributed by atoms with Gasteiger partial charge in [-0.1, -0.05) is 26.3 Å². The van der Waals surface area contributed by atoms with E-state index in [1.807, 2.05) is 27.7 Å². The summed E-state index contributed by atoms with van der Waals surface area (Å²) in [5, 5.41) is 47.2. The summed E-state index contributed by atoms with van der Waals surface area (Å²) in [6.07, 6.45) is 1.50. The van der Waals surface area contributed by atoms with E-state index in [0.29, 0.717) is 19.3 Å². The van der Waals surface area contributed by atoms with Gasteiger partial charge >= 0.3 is 5.97 Å². The van der Waals surface area contributed by atoms with Crippen molar-refractivity contribution < 1.29 is 39.5 Å². The number of ketones is 1. The Morgan fingerprint density at radius 1 is 1.06 bits per heavy atom. The van der Waals surface area contributed by atoms with Gasteiger partial charge in [0.05, 0.1) is 17.6 Å². The number of epoxide rings is 1. The fraction of sp³-hybridized carbons (Fsp3) is 0.857. The lowest BCUT2D eigenvalue weighted by Gasteiger charge is -2.67. The van der Waals surface area contributed by atoms with Crippen LogP contribution in [-0.2, 0) is 19.1 Å². The Hall–Kier alpha value is -1.32. The SMILES string of the molecule is CC(=O)[C@]1(O)CC[C@@]2(O)[C@]1(C)[C@H](OC(=O)/C=C(\C)C(C)C)CC1[C@@]3(C)CC[C@H](O)C[C@@]34O[C@H]4C[C@]12O. The van der Waals surface area contributed by atoms with Crippen LogP contribution in [-0.4, -0.2) is 72.9 Å². The summed E-state index contributed by atoms with van der Waals surface area (Å²) in [6, 6.07) is 0. The van der Waals surface area contributed by atoms with Crippen LogP contribution in [0.25, 0.3) is 0 Å². The van der Waals surface area contributed by atoms with Crippen molar-refractivity contribution in [2.45, 2.75) is 127 Å². The predicted octanol–water partition coefficient (Wildman–Crippen LogP) is 2.20. The first-order valence-electron chi connectivity index (χ1n) is 13.5. The van der Waals surface area contributed by atoms with Crippen molar-refractivity contribution in [2.75, 3.05) is 0 Å². The summed E-state index contributed by atoms with van der Waals surface area (Å²) in [6.45, 7) is 10.7. The molecule has 0 aromatic heterocycles. The Balaban J connectivity index is 1.63. The van der Waals surface area contributed by atoms with Gasteiger partial charge in [-0.15, -0.1) is 0 Å². The van der Waals surface area contributed by atoms with Crippen LogP contribution in [0.5, 0.6) is 0 Å². The first-order valence-corrected chi connectivity index (χ1v) is 13.5. The van der Waals surface area contributed by atoms with Crippen molar-refractivity contribution in [3.63, 3.8) is 0 Å². The van der Waals surface area contributed by atoms with Crippen molar-refractivity contribution >= 4 is 11.8 Å². The molecule has 4 N–H and O–H groups in total. The van der Waals surface area contributed by atoms with E-state index < -0.39 is 63.1 Å². The molecule has 1 saturated heterocycles. The van der Waals surface area contributed by atoms with Crippen LogP contribution in [0, 0.1) is 22.7 Å². The lowest BCUT2D eigenvalue weighted by Crippen LogP contribution is -2.80. The third-order valence-corrected chi connectivity index (χ3v) is 11.6. The highest BCUT2D eigenvalue weighted by molar-refractivity contribution is 5.87. The minimum atomic E-state index is -1.97. The number of carbonyl (C=O) groups excluding carboxylic acids is 2. The number of aliphatic hydroxyl groups is 4. The molecule has 0 aromatic rings. The van der Waals surface area contributed by atoms with E-state index in [2.05, 4.69) is 0 Å². The third kappa shape index (κ3) is 2.88. The normalized spacial score (nSPS) is 53.7. The lowest BCUT2D eigenvalue weighted by atomic mass is 9.40. The van der Waals surface area contributed by atoms with E-state index >= 15 is 0 Å². The predicted molar refractivity (Wildman–Crippen MR) is 130 cm³/mol. The highest BCUT2D eigenvalue weighted by atomic mass is 16.6. The van der Waals surface area contributed by atoms with Crippen LogP contribution in [0.15, 0.2) is 11.6 Å². The molecule has 0 radical (unpaired) electrons. The van der Waals surface area contributed by atoms with Gasteiger partial charge in [0, 0.05) is 30.3 Å². The molecule has 202 valence electrons. The van der Waals surface area contributed by atoms with E-state index in [-0.39, 0.29) is 37.7 Å². The number of rotatable bonds is 4. The zero-order valence-corrected chi connectivity index (χ0v) is 22.3. The number of hydrogen-bond donors (Lipinski definition) is 4. The van der Waals surface area contributed by atoms with Crippen LogP contribution in [0.2, 0.25) is 0 Å². The van der Waals surface area contributed by atoms with Crippen LogP contribution in [0.3, 0.4) is 0 Å². The maximum Gasteiger partial charge on any atom is 0.330 e. The van der Waals surface area contributed by atoms with Gasteiger partial charge in [-0.3, -0.25) is 4.79 Å². The van der Waals surface area contributed by atoms with Gasteiger partial charge in [0.2, 0.25) is 0 Å². The molecular weight excluding hydrogens is 464 g/mol. The van der Waals surface area contributed by atoms with Gasteiger partial charge in [-0.2, -0.15) is 0 Å². The van der Waals surface area contributed by atoms with E-state index in [1.54, 1.807) is 6.92 Å². The largest absolute Gasteiger partial charge is 0.458 e. The Morgan fingerprint density at radius 3 is 2.33 bits per heavy atom. The average molecular weight is 507 g/mol. The van der Waals surface area contributed by atoms with E-state index in [0.717, 1.165) is 5.57 Å². The highest BCUT2D eigenvalue weighted by Crippen LogP contribution is 2.76. The molecule has 1 aliphatic heterocycles. The smallest absolute Gasteiger partial charge is 0.330 e. The molecule has 8 nitrogen and oxygen atoms in total. The number of carbonyl (C=O) groups is 2. The Morgan fingerprint density at radius 2 is 1.72 bits per heavy atom. The number of allylic oxidation sites excluding steroid dienone is 1. The fourth-order valence-corrected chi connectivity index (χ4v) is 8.91. The molecular formula is C28H42O8. The topological polar surface area (TPSA) is 137 Å². The van der Waals surface area contributed by atoms with Crippen molar-refractivity contribution in [1.29, 1.82) is 0 Å². The minimum Gasteiger partial charge on any atom is -0.458 e. The Labute approximate surface area is 213 Å². The van der Waals surface area contributed by atoms with Gasteiger partial charge in [0.1, 0.15) is 28.5 Å². The number of ether oxygens (including phenoxy) is 2. The molecule has 10 atom stereocenters. The quantitative estimate of drug-likeness (QED) is 0.259. The molecule has 5 aliphatic rings. The maximum atomic E-state index is 13.1. The molecule has 36 heavy (non-hydrogen) atoms. The molecule has 4 aliphatic carbocycles. The molecule has 1 spiro atoms. The summed E-state index contributed by atoms with van der Waals surface area (Å²) in [4.78, 5) is 26.0. The number of hydrogen-bond acceptors (Lipinski definition) is 8. The van der Waals surface area contributed by atoms with Crippen LogP contribution < -0.4 is 0 Å². The molecule has 0 aromatic carbocycles. The molecule has 8 heteroatoms. The van der Waals surface area contributed by atoms with Gasteiger partial charge < -0.3 is 29.9 Å². The lowest BCUT2D eigenvalue weighted by molar-refractivity contribution is -0.326. The van der Waals surface area contributed by atoms with Gasteiger partial charge in [-0.05, 0) is 58.8 Å². The number of fused-ring (bicyclic) bond motifs is 4. The molecule has 0 bridgehead atoms. The zero-order chi connectivity index (χ0) is 26.7. The van der Waals surface area contributed by atoms with Crippen molar-refractivity contribution in [3.05, 3.63) is 11.6 Å². The van der Waals surface area contributed by atoms with Crippen molar-refractivity contribution in [2.24, 2.45) is 22.7 Å². The summed E-state index contributed by atoms with van der Waals surface area (Å²) in [5.41, 5.74) is -7.47. The van der Waals surface area contributed by atoms with Gasteiger partial charge in [-0.25, -0.2) is 4.79 Å². The zero-order valence-electron chi connectivity index (χ0n) is 22.3. The fourth-order valence-electron chi connectivity index (χ4n) is 8.91. The van der Waals surface area contributed by atoms with Crippen molar-refractivity contribution in [3.8, 4) is 0 Å². The molecule has 5 fully saturated rings. The molecule has 1 heterocycles. The molecule has 0 amide bonds. The summed E-state index contributed by atoms with van der Waals surface area (Å²) in [7, 11) is 0. The van der Waals surface area contributed by atoms with Crippen molar-refractivity contribution in [1.82, 2.24) is 0 Å². The van der Waals surface area contributed by atoms with E-state index in [4.69, 9.17) is 9.47 Å². The van der Waals surface area contributed by atoms with E-state index in [9.17, 15) is 30.0 Å². The second-order valence-corrected chi connectivity index (χ2v) is 13.2. The molecule has 5 rings (SSSR count). The standard InChI is InChI=1S/C28H42O8/c1-15(2)16(3)11-22(31)35-20-12-19-23(5)8-7-18(30)13-27(23)21(36-27)14-26(19,33)28(34)10-9-25(32,17(4)29)24(20,28)6/h11,15,18-21,30,32-34H,7-10,12-14H2,1-6H3/b16-11+/t18-,19?,20+,21-,23+,24+,25+,26-,27-,28+/m0/s1. The average Bonchev–Trinajstić information content (AvgIpc) is 3.41. The van der Waals surface area contributed by atoms with Crippen LogP contribution in [0.1, 0.15) is 86.5 Å². The Bertz CT molecular complexity index is 1020. The summed E-state index contributed by atoms with van der Waals surface area (Å²) in [5.74, 6) is -1.49. The van der Waals surface area contributed by atoms with Gasteiger partial charge in [0.15, 0.2) is 5.78 Å². The number of aliphatic hydroxyl groups excluding tert-OH is 1. The van der Waals surface area contributed by atoms with Crippen LogP contribution in [0.4, 0.5) is 0 Å². The number of Topliss-reactive ketones (excluding diaryl/α,β-unsaturated/α-hetero) is 1. The second kappa shape index (κ2) is 7.63. The Kier molecular flexibility index (Phi) is 5.57. The first-order chi connectivity index (χ1) is 16.5. The highest BCUT2D eigenvalue weighted by Gasteiger charge is 2.87. The summed E-state index contributed by atoms with van der Waals surface area (Å²) < 4.78 is 12.3. The monoisotopic (exact) mass is 506 g/mol. The van der Waals surface area contributed by atoms with Crippen LogP contribution >= 0.6 is 0 Å². The van der Waals surface area contributed by atoms with E-state index in [1.165, 1.54) is 13.0 Å². The first kappa shape index (κ1) is 26.3. The third-order valence-electron chi connectivity index (χ3n) is 11.6. The molecule has 1 unspecified atom stereocenters. The summed E-state index contributed by atoms with van der Waals surface area (Å²) >= 11 is 0.